The van der Waals surface area contributed by atoms with E-state index in [1.165, 1.54) is 0 Å². The van der Waals surface area contributed by atoms with Crippen molar-refractivity contribution in [1.29, 1.82) is 0 Å². The van der Waals surface area contributed by atoms with Crippen LogP contribution in [0.25, 0.3) is 0 Å². The van der Waals surface area contributed by atoms with Crippen molar-refractivity contribution >= 4 is 28.7 Å². The average Bonchev–Trinajstić information content (AvgIpc) is 2.76. The van der Waals surface area contributed by atoms with E-state index in [2.05, 4.69) is 36.4 Å². The fourth-order valence-electron chi connectivity index (χ4n) is 2.82. The molecule has 0 aromatic rings. The molecule has 1 amide bonds. The smallest absolute Gasteiger partial charge is 0.410 e. The summed E-state index contributed by atoms with van der Waals surface area (Å²) in [5, 5.41) is 0. The second kappa shape index (κ2) is 4.76. The SMILES string of the molecule is CC(C)(C)OC(=O)N1CC[C@@]2(C1)OC[C@@H](I)C2(C)C. The van der Waals surface area contributed by atoms with Crippen molar-refractivity contribution in [2.45, 2.75) is 56.2 Å². The molecule has 4 nitrogen and oxygen atoms in total. The van der Waals surface area contributed by atoms with Crippen molar-refractivity contribution in [3.05, 3.63) is 0 Å². The fraction of sp³-hybridized carbons (Fsp3) is 0.929. The van der Waals surface area contributed by atoms with Crippen LogP contribution < -0.4 is 0 Å². The molecule has 19 heavy (non-hydrogen) atoms. The molecule has 2 rings (SSSR count). The Morgan fingerprint density at radius 1 is 1.42 bits per heavy atom. The van der Waals surface area contributed by atoms with E-state index in [-0.39, 0.29) is 17.1 Å². The molecule has 2 heterocycles. The zero-order chi connectivity index (χ0) is 14.5. The van der Waals surface area contributed by atoms with Gasteiger partial charge < -0.3 is 14.4 Å². The molecule has 0 aromatic carbocycles. The number of rotatable bonds is 0. The Morgan fingerprint density at radius 2 is 2.05 bits per heavy atom. The third kappa shape index (κ3) is 2.73. The molecule has 2 fully saturated rings. The van der Waals surface area contributed by atoms with Gasteiger partial charge in [0.1, 0.15) is 5.60 Å². The Morgan fingerprint density at radius 3 is 2.53 bits per heavy atom. The molecule has 5 heteroatoms. The predicted molar refractivity (Wildman–Crippen MR) is 82.7 cm³/mol. The first kappa shape index (κ1) is 15.4. The van der Waals surface area contributed by atoms with Gasteiger partial charge in [-0.1, -0.05) is 36.4 Å². The van der Waals surface area contributed by atoms with E-state index in [0.717, 1.165) is 19.6 Å². The van der Waals surface area contributed by atoms with E-state index in [9.17, 15) is 4.79 Å². The fourth-order valence-corrected chi connectivity index (χ4v) is 3.57. The number of halogens is 1. The summed E-state index contributed by atoms with van der Waals surface area (Å²) in [6, 6.07) is 0. The number of hydrogen-bond donors (Lipinski definition) is 0. The monoisotopic (exact) mass is 381 g/mol. The third-order valence-electron chi connectivity index (χ3n) is 4.35. The van der Waals surface area contributed by atoms with Crippen LogP contribution in [0, 0.1) is 5.41 Å². The number of nitrogens with zero attached hydrogens (tertiary/aromatic N) is 1. The number of ether oxygens (including phenoxy) is 2. The first-order valence-electron chi connectivity index (χ1n) is 6.83. The summed E-state index contributed by atoms with van der Waals surface area (Å²) >= 11 is 2.46. The molecule has 110 valence electrons. The molecule has 0 aliphatic carbocycles. The van der Waals surface area contributed by atoms with Crippen molar-refractivity contribution < 1.29 is 14.3 Å². The van der Waals surface area contributed by atoms with Gasteiger partial charge in [0.05, 0.1) is 18.8 Å². The largest absolute Gasteiger partial charge is 0.444 e. The molecule has 0 saturated carbocycles. The van der Waals surface area contributed by atoms with E-state index >= 15 is 0 Å². The summed E-state index contributed by atoms with van der Waals surface area (Å²) in [5.74, 6) is 0. The number of hydrogen-bond acceptors (Lipinski definition) is 3. The highest BCUT2D eigenvalue weighted by molar-refractivity contribution is 14.1. The molecule has 0 N–H and O–H groups in total. The van der Waals surface area contributed by atoms with Gasteiger partial charge in [0, 0.05) is 15.9 Å². The highest BCUT2D eigenvalue weighted by Gasteiger charge is 2.58. The standard InChI is InChI=1S/C14H24INO3/c1-12(2,3)19-11(17)16-7-6-14(9-16)13(4,5)10(15)8-18-14/h10H,6-9H2,1-5H3/t10-,14+/m1/s1. The van der Waals surface area contributed by atoms with Crippen LogP contribution in [0.4, 0.5) is 4.79 Å². The minimum absolute atomic E-state index is 0.0876. The highest BCUT2D eigenvalue weighted by Crippen LogP contribution is 2.51. The van der Waals surface area contributed by atoms with Crippen molar-refractivity contribution in [3.8, 4) is 0 Å². The Bertz CT molecular complexity index is 377. The summed E-state index contributed by atoms with van der Waals surface area (Å²) < 4.78 is 12.0. The summed E-state index contributed by atoms with van der Waals surface area (Å²) in [4.78, 5) is 13.9. The van der Waals surface area contributed by atoms with Crippen LogP contribution in [-0.4, -0.2) is 45.8 Å². The van der Waals surface area contributed by atoms with E-state index in [1.807, 2.05) is 20.8 Å². The molecule has 0 unspecified atom stereocenters. The first-order valence-corrected chi connectivity index (χ1v) is 8.08. The zero-order valence-corrected chi connectivity index (χ0v) is 14.6. The Hall–Kier alpha value is -0.0400. The van der Waals surface area contributed by atoms with E-state index in [1.54, 1.807) is 4.90 Å². The lowest BCUT2D eigenvalue weighted by atomic mass is 9.74. The maximum Gasteiger partial charge on any atom is 0.410 e. The van der Waals surface area contributed by atoms with Crippen LogP contribution in [0.1, 0.15) is 41.0 Å². The van der Waals surface area contributed by atoms with Gasteiger partial charge in [-0.25, -0.2) is 4.79 Å². The van der Waals surface area contributed by atoms with Crippen LogP contribution in [0.5, 0.6) is 0 Å². The lowest BCUT2D eigenvalue weighted by molar-refractivity contribution is -0.0433. The molecule has 0 radical (unpaired) electrons. The lowest BCUT2D eigenvalue weighted by Gasteiger charge is -2.38. The molecule has 2 aliphatic heterocycles. The minimum Gasteiger partial charge on any atom is -0.444 e. The number of alkyl halides is 1. The molecule has 0 bridgehead atoms. The highest BCUT2D eigenvalue weighted by atomic mass is 127. The van der Waals surface area contributed by atoms with E-state index in [4.69, 9.17) is 9.47 Å². The molecular weight excluding hydrogens is 357 g/mol. The van der Waals surface area contributed by atoms with Crippen LogP contribution in [0.15, 0.2) is 0 Å². The third-order valence-corrected chi connectivity index (χ3v) is 6.26. The lowest BCUT2D eigenvalue weighted by Crippen LogP contribution is -2.47. The van der Waals surface area contributed by atoms with Crippen molar-refractivity contribution in [1.82, 2.24) is 4.90 Å². The maximum atomic E-state index is 12.1. The molecular formula is C14H24INO3. The number of likely N-dealkylation sites (tertiary alicyclic amines) is 1. The summed E-state index contributed by atoms with van der Waals surface area (Å²) in [7, 11) is 0. The van der Waals surface area contributed by atoms with Gasteiger partial charge in [-0.2, -0.15) is 0 Å². The normalized spacial score (nSPS) is 34.0. The molecule has 2 saturated heterocycles. The number of amides is 1. The van der Waals surface area contributed by atoms with Crippen molar-refractivity contribution in [2.24, 2.45) is 5.41 Å². The molecule has 1 spiro atoms. The van der Waals surface area contributed by atoms with Gasteiger partial charge >= 0.3 is 6.09 Å². The van der Waals surface area contributed by atoms with Crippen LogP contribution in [-0.2, 0) is 9.47 Å². The van der Waals surface area contributed by atoms with E-state index in [0.29, 0.717) is 10.5 Å². The summed E-state index contributed by atoms with van der Waals surface area (Å²) in [5.41, 5.74) is -0.551. The van der Waals surface area contributed by atoms with Crippen LogP contribution >= 0.6 is 22.6 Å². The molecule has 2 aliphatic rings. The van der Waals surface area contributed by atoms with Crippen molar-refractivity contribution in [2.75, 3.05) is 19.7 Å². The Kier molecular flexibility index (Phi) is 3.84. The molecule has 0 aromatic heterocycles. The van der Waals surface area contributed by atoms with Gasteiger partial charge in [0.2, 0.25) is 0 Å². The Balaban J connectivity index is 2.06. The number of carbonyl (C=O) groups is 1. The number of carbonyl (C=O) groups excluding carboxylic acids is 1. The van der Waals surface area contributed by atoms with Crippen LogP contribution in [0.2, 0.25) is 0 Å². The second-order valence-corrected chi connectivity index (χ2v) is 8.65. The van der Waals surface area contributed by atoms with Crippen LogP contribution in [0.3, 0.4) is 0 Å². The van der Waals surface area contributed by atoms with Gasteiger partial charge in [-0.3, -0.25) is 0 Å². The van der Waals surface area contributed by atoms with Gasteiger partial charge in [-0.15, -0.1) is 0 Å². The summed E-state index contributed by atoms with van der Waals surface area (Å²) in [6.45, 7) is 12.3. The quantitative estimate of drug-likeness (QED) is 0.478. The van der Waals surface area contributed by atoms with Gasteiger partial charge in [0.15, 0.2) is 0 Å². The second-order valence-electron chi connectivity index (χ2n) is 7.15. The average molecular weight is 381 g/mol. The van der Waals surface area contributed by atoms with E-state index < -0.39 is 5.60 Å². The first-order chi connectivity index (χ1) is 8.57. The predicted octanol–water partition coefficient (Wildman–Crippen LogP) is 3.23. The maximum absolute atomic E-state index is 12.1. The zero-order valence-electron chi connectivity index (χ0n) is 12.5. The van der Waals surface area contributed by atoms with Gasteiger partial charge in [0.25, 0.3) is 0 Å². The topological polar surface area (TPSA) is 38.8 Å². The van der Waals surface area contributed by atoms with Crippen molar-refractivity contribution in [3.63, 3.8) is 0 Å². The Labute approximate surface area is 129 Å². The molecule has 2 atom stereocenters. The van der Waals surface area contributed by atoms with Gasteiger partial charge in [-0.05, 0) is 27.2 Å². The summed E-state index contributed by atoms with van der Waals surface area (Å²) in [6.07, 6.45) is 0.680. The minimum atomic E-state index is -0.440.